The molecule has 95 heavy (non-hydrogen) atoms. The molecule has 0 atom stereocenters. The van der Waals surface area contributed by atoms with Gasteiger partial charge in [0.05, 0.1) is 55.7 Å². The van der Waals surface area contributed by atoms with Crippen LogP contribution >= 0.6 is 44.3 Å². The molecule has 512 valence electrons. The Bertz CT molecular complexity index is 4170. The van der Waals surface area contributed by atoms with Crippen molar-refractivity contribution in [1.29, 1.82) is 5.26 Å². The highest BCUT2D eigenvalue weighted by Gasteiger charge is 2.31. The van der Waals surface area contributed by atoms with Crippen molar-refractivity contribution < 1.29 is 61.2 Å². The minimum absolute atomic E-state index is 0. The molecule has 8 heterocycles. The van der Waals surface area contributed by atoms with E-state index < -0.39 is 5.97 Å². The molecule has 1 amide bonds. The normalized spacial score (nSPS) is 14.2. The van der Waals surface area contributed by atoms with Gasteiger partial charge in [0.25, 0.3) is 17.0 Å². The number of carbonyl (C=O) groups is 3. The number of H-pyrrole nitrogens is 2. The second kappa shape index (κ2) is 34.2. The van der Waals surface area contributed by atoms with Crippen molar-refractivity contribution in [3.8, 4) is 17.6 Å². The van der Waals surface area contributed by atoms with Gasteiger partial charge in [-0.3, -0.25) is 14.4 Å². The number of anilines is 3. The maximum absolute atomic E-state index is 13.5. The van der Waals surface area contributed by atoms with E-state index in [2.05, 4.69) is 82.6 Å². The standard InChI is InChI=1S/C26H30N4O5.C18H22BrNO4.C17H20BrNO4.C8H12N2O2.ClH/c1-5-30(17-6-8-34-9-7-17)21-12-23-19(11-18(13-27)35-23)24(16(21)3)26(32)28-14-20-22(33-4)10-15(2)29-25(20)31;1-4-20(12-5-7-23-8-6-12)14-10-15-13(9-16(19)24-15)17(11(14)2)18(21)22-3;1-3-19(11-4-6-22-7-5-11)13-9-14-12(8-15(18)23-14)16(10(13)2)17(20)21;1-5-3-7(12-2)6(4-9)8(11)10-5;/h10-12,17H,5-9,14H2,1-4H3,(H,28,32)(H,29,31);9-10,12H,4-8H2,1-3H3;8-9,11H,3-7H2,1-2H3,(H,20,21);3H,4,9H2,1-2H3,(H,10,11);1H. The number of amides is 1. The Morgan fingerprint density at radius 2 is 0.979 bits per heavy atom. The summed E-state index contributed by atoms with van der Waals surface area (Å²) in [5.41, 5.74) is 15.6. The molecule has 5 aromatic heterocycles. The molecule has 0 bridgehead atoms. The first kappa shape index (κ1) is 74.6. The number of methoxy groups -OCH3 is 3. The molecule has 0 unspecified atom stereocenters. The molecule has 3 saturated heterocycles. The molecule has 0 aliphatic carbocycles. The molecule has 6 N–H and O–H groups in total. The number of furan rings is 3. The molecule has 3 aliphatic heterocycles. The largest absolute Gasteiger partial charge is 0.496 e. The minimum atomic E-state index is -0.925. The fourth-order valence-corrected chi connectivity index (χ4v) is 13.7. The highest BCUT2D eigenvalue weighted by Crippen LogP contribution is 2.40. The van der Waals surface area contributed by atoms with E-state index in [1.54, 1.807) is 38.1 Å². The Hall–Kier alpha value is -7.83. The van der Waals surface area contributed by atoms with E-state index in [1.807, 2.05) is 51.1 Å². The van der Waals surface area contributed by atoms with Gasteiger partial charge in [-0.1, -0.05) is 0 Å². The number of rotatable bonds is 17. The molecule has 3 aromatic carbocycles. The summed E-state index contributed by atoms with van der Waals surface area (Å²) in [6, 6.07) is 17.6. The van der Waals surface area contributed by atoms with Crippen molar-refractivity contribution in [3.05, 3.63) is 140 Å². The second-order valence-corrected chi connectivity index (χ2v) is 24.5. The third-order valence-electron chi connectivity index (χ3n) is 17.4. The zero-order valence-corrected chi connectivity index (χ0v) is 59.6. The average molecular weight is 1460 g/mol. The number of carboxylic acids is 1. The van der Waals surface area contributed by atoms with Crippen molar-refractivity contribution in [3.63, 3.8) is 0 Å². The lowest BCUT2D eigenvalue weighted by molar-refractivity contribution is 0.0600. The number of carboxylic acid groups (broad SMARTS) is 1. The molecule has 0 spiro atoms. The summed E-state index contributed by atoms with van der Waals surface area (Å²) in [5, 5.41) is 23.9. The smallest absolute Gasteiger partial charge is 0.338 e. The highest BCUT2D eigenvalue weighted by atomic mass is 79.9. The first-order valence-corrected chi connectivity index (χ1v) is 33.0. The molecule has 3 aliphatic rings. The molecular formula is C69H85Br2ClN8O15. The SMILES string of the molecule is CCN(c1cc2oc(Br)cc2c(C(=O)O)c1C)C1CCOCC1.CCN(c1cc2oc(Br)cc2c(C(=O)OC)c1C)C1CCOCC1.CCN(c1cc2oc(C#N)cc2c(C(=O)NCc2c(OC)cc(C)[nH]c2=O)c1C)C1CCOCC1.COc1cc(C)[nH]c(=O)c1CN.Cl. The number of nitriles is 1. The molecule has 0 radical (unpaired) electrons. The summed E-state index contributed by atoms with van der Waals surface area (Å²) >= 11 is 6.66. The third-order valence-corrected chi connectivity index (χ3v) is 18.2. The Morgan fingerprint density at radius 1 is 0.600 bits per heavy atom. The van der Waals surface area contributed by atoms with Crippen LogP contribution in [0.1, 0.15) is 135 Å². The number of aromatic amines is 2. The number of aromatic carboxylic acids is 1. The van der Waals surface area contributed by atoms with Crippen molar-refractivity contribution in [2.75, 3.05) is 95.3 Å². The fourth-order valence-electron chi connectivity index (χ4n) is 12.9. The lowest BCUT2D eigenvalue weighted by atomic mass is 9.98. The van der Waals surface area contributed by atoms with Crippen molar-refractivity contribution >= 4 is 112 Å². The number of aromatic nitrogens is 2. The van der Waals surface area contributed by atoms with Crippen LogP contribution in [0.15, 0.2) is 80.7 Å². The van der Waals surface area contributed by atoms with Crippen LogP contribution in [0.4, 0.5) is 17.1 Å². The number of fused-ring (bicyclic) bond motifs is 3. The van der Waals surface area contributed by atoms with E-state index in [1.165, 1.54) is 21.3 Å². The quantitative estimate of drug-likeness (QED) is 0.0529. The van der Waals surface area contributed by atoms with Gasteiger partial charge in [-0.2, -0.15) is 5.26 Å². The van der Waals surface area contributed by atoms with Gasteiger partial charge in [-0.15, -0.1) is 12.4 Å². The van der Waals surface area contributed by atoms with Gasteiger partial charge in [0, 0.05) is 153 Å². The van der Waals surface area contributed by atoms with Gasteiger partial charge in [0.15, 0.2) is 9.34 Å². The number of nitrogens with one attached hydrogen (secondary N) is 3. The molecule has 23 nitrogen and oxygen atoms in total. The van der Waals surface area contributed by atoms with E-state index in [-0.39, 0.29) is 60.3 Å². The number of esters is 1. The van der Waals surface area contributed by atoms with Gasteiger partial charge in [0.2, 0.25) is 5.76 Å². The zero-order valence-electron chi connectivity index (χ0n) is 55.6. The van der Waals surface area contributed by atoms with Gasteiger partial charge in [-0.05, 0) is 167 Å². The molecule has 3 fully saturated rings. The topological polar surface area (TPSA) is 304 Å². The monoisotopic (exact) mass is 1460 g/mol. The van der Waals surface area contributed by atoms with Crippen molar-refractivity contribution in [2.24, 2.45) is 5.73 Å². The predicted octanol–water partition coefficient (Wildman–Crippen LogP) is 12.6. The Balaban J connectivity index is 0.000000188. The summed E-state index contributed by atoms with van der Waals surface area (Å²) < 4.78 is 50.1. The van der Waals surface area contributed by atoms with E-state index in [9.17, 15) is 34.3 Å². The first-order chi connectivity index (χ1) is 45.1. The maximum Gasteiger partial charge on any atom is 0.338 e. The highest BCUT2D eigenvalue weighted by molar-refractivity contribution is 9.10. The fraction of sp³-hybridized carbons (Fsp3) is 0.449. The van der Waals surface area contributed by atoms with E-state index in [0.717, 1.165) is 129 Å². The van der Waals surface area contributed by atoms with Crippen LogP contribution in [-0.2, 0) is 32.0 Å². The molecule has 8 aromatic rings. The maximum atomic E-state index is 13.5. The van der Waals surface area contributed by atoms with E-state index in [4.69, 9.17) is 47.4 Å². The van der Waals surface area contributed by atoms with Crippen LogP contribution < -0.4 is 46.3 Å². The van der Waals surface area contributed by atoms with Crippen LogP contribution in [0.3, 0.4) is 0 Å². The van der Waals surface area contributed by atoms with Crippen LogP contribution in [0, 0.1) is 45.9 Å². The second-order valence-electron chi connectivity index (χ2n) is 23.0. The number of hydrogen-bond acceptors (Lipinski definition) is 19. The van der Waals surface area contributed by atoms with Gasteiger partial charge >= 0.3 is 11.9 Å². The number of pyridine rings is 2. The summed E-state index contributed by atoms with van der Waals surface area (Å²) in [4.78, 5) is 73.7. The lowest BCUT2D eigenvalue weighted by Gasteiger charge is -2.36. The van der Waals surface area contributed by atoms with Gasteiger partial charge in [0.1, 0.15) is 34.3 Å². The number of nitrogens with zero attached hydrogens (tertiary/aromatic N) is 4. The number of nitrogens with two attached hydrogens (primary N) is 1. The third kappa shape index (κ3) is 17.1. The van der Waals surface area contributed by atoms with Crippen molar-refractivity contribution in [2.45, 2.75) is 125 Å². The number of ether oxygens (including phenoxy) is 6. The van der Waals surface area contributed by atoms with E-state index in [0.29, 0.717) is 107 Å². The van der Waals surface area contributed by atoms with E-state index >= 15 is 0 Å². The molecule has 0 saturated carbocycles. The zero-order chi connectivity index (χ0) is 68.1. The van der Waals surface area contributed by atoms with Gasteiger partial charge < -0.3 is 82.5 Å². The lowest BCUT2D eigenvalue weighted by Crippen LogP contribution is -2.40. The van der Waals surface area contributed by atoms with Crippen LogP contribution in [0.5, 0.6) is 11.5 Å². The van der Waals surface area contributed by atoms with Crippen LogP contribution in [-0.4, -0.2) is 132 Å². The average Bonchev–Trinajstić information content (AvgIpc) is 1.70. The molecule has 11 rings (SSSR count). The predicted molar refractivity (Wildman–Crippen MR) is 375 cm³/mol. The summed E-state index contributed by atoms with van der Waals surface area (Å²) in [6.07, 6.45) is 5.67. The number of carbonyl (C=O) groups excluding carboxylic acids is 2. The molecule has 26 heteroatoms. The Kier molecular flexibility index (Phi) is 26.9. The van der Waals surface area contributed by atoms with Crippen LogP contribution in [0.2, 0.25) is 0 Å². The molecular weight excluding hydrogens is 1380 g/mol. The Labute approximate surface area is 574 Å². The van der Waals surface area contributed by atoms with Gasteiger partial charge in [-0.25, -0.2) is 9.59 Å². The summed E-state index contributed by atoms with van der Waals surface area (Å²) in [7, 11) is 4.42. The minimum Gasteiger partial charge on any atom is -0.496 e. The number of halogens is 3. The van der Waals surface area contributed by atoms with Crippen LogP contribution in [0.25, 0.3) is 32.9 Å². The summed E-state index contributed by atoms with van der Waals surface area (Å²) in [5.74, 6) is -0.518. The first-order valence-electron chi connectivity index (χ1n) is 31.4. The van der Waals surface area contributed by atoms with Crippen molar-refractivity contribution in [1.82, 2.24) is 15.3 Å². The Morgan fingerprint density at radius 3 is 1.37 bits per heavy atom. The number of aryl methyl sites for hydroxylation is 2. The number of benzene rings is 3. The number of hydrogen-bond donors (Lipinski definition) is 5. The summed E-state index contributed by atoms with van der Waals surface area (Å²) in [6.45, 7) is 22.7.